The Hall–Kier alpha value is -2.44. The van der Waals surface area contributed by atoms with Crippen LogP contribution in [0.2, 0.25) is 5.02 Å². The number of urea groups is 1. The van der Waals surface area contributed by atoms with E-state index in [0.717, 1.165) is 17.0 Å². The maximum Gasteiger partial charge on any atom is 0.319 e. The Morgan fingerprint density at radius 2 is 1.91 bits per heavy atom. The van der Waals surface area contributed by atoms with Gasteiger partial charge in [-0.15, -0.1) is 0 Å². The molecule has 23 heavy (non-hydrogen) atoms. The largest absolute Gasteiger partial charge is 0.332 e. The van der Waals surface area contributed by atoms with Gasteiger partial charge in [0, 0.05) is 34.0 Å². The number of nitrogens with zero attached hydrogens (tertiary/aromatic N) is 2. The highest BCUT2D eigenvalue weighted by atomic mass is 35.5. The normalized spacial score (nSPS) is 10.3. The van der Waals surface area contributed by atoms with Crippen LogP contribution in [-0.2, 0) is 6.54 Å². The molecule has 7 heteroatoms. The summed E-state index contributed by atoms with van der Waals surface area (Å²) in [6, 6.07) is 8.58. The third-order valence-corrected chi connectivity index (χ3v) is 4.02. The number of nitrogens with one attached hydrogen (secondary N) is 2. The summed E-state index contributed by atoms with van der Waals surface area (Å²) in [6.45, 7) is 0.290. The highest BCUT2D eigenvalue weighted by Gasteiger charge is 2.09. The molecular formula is C16H13ClN4OS. The maximum atomic E-state index is 12.0. The molecule has 3 rings (SSSR count). The van der Waals surface area contributed by atoms with Gasteiger partial charge in [0.25, 0.3) is 0 Å². The van der Waals surface area contributed by atoms with Crippen molar-refractivity contribution < 1.29 is 4.79 Å². The predicted octanol–water partition coefficient (Wildman–Crippen LogP) is 4.18. The molecule has 5 nitrogen and oxygen atoms in total. The zero-order valence-electron chi connectivity index (χ0n) is 12.0. The molecule has 0 saturated heterocycles. The SMILES string of the molecule is O=C(NCc1nccnc1-c1ccsc1)Nc1ccc(Cl)cc1. The van der Waals surface area contributed by atoms with E-state index in [1.165, 1.54) is 0 Å². The summed E-state index contributed by atoms with van der Waals surface area (Å²) in [4.78, 5) is 20.6. The van der Waals surface area contributed by atoms with E-state index in [-0.39, 0.29) is 6.03 Å². The van der Waals surface area contributed by atoms with Gasteiger partial charge in [-0.1, -0.05) is 11.6 Å². The summed E-state index contributed by atoms with van der Waals surface area (Å²) >= 11 is 7.41. The number of rotatable bonds is 4. The first-order valence-electron chi connectivity index (χ1n) is 6.85. The number of aromatic nitrogens is 2. The van der Waals surface area contributed by atoms with Crippen LogP contribution in [0.3, 0.4) is 0 Å². The third kappa shape index (κ3) is 4.06. The molecule has 0 fully saturated rings. The van der Waals surface area contributed by atoms with Gasteiger partial charge in [0.1, 0.15) is 0 Å². The van der Waals surface area contributed by atoms with Crippen LogP contribution >= 0.6 is 22.9 Å². The van der Waals surface area contributed by atoms with Crippen molar-refractivity contribution in [2.75, 3.05) is 5.32 Å². The Morgan fingerprint density at radius 3 is 2.65 bits per heavy atom. The summed E-state index contributed by atoms with van der Waals surface area (Å²) in [5.74, 6) is 0. The minimum absolute atomic E-state index is 0.290. The van der Waals surface area contributed by atoms with E-state index >= 15 is 0 Å². The summed E-state index contributed by atoms with van der Waals surface area (Å²) in [6.07, 6.45) is 3.26. The fourth-order valence-electron chi connectivity index (χ4n) is 2.01. The van der Waals surface area contributed by atoms with Gasteiger partial charge < -0.3 is 10.6 Å². The smallest absolute Gasteiger partial charge is 0.319 e. The lowest BCUT2D eigenvalue weighted by molar-refractivity contribution is 0.251. The van der Waals surface area contributed by atoms with Crippen LogP contribution < -0.4 is 10.6 Å². The van der Waals surface area contributed by atoms with Crippen molar-refractivity contribution in [2.45, 2.75) is 6.54 Å². The molecule has 0 aliphatic carbocycles. The molecular weight excluding hydrogens is 332 g/mol. The van der Waals surface area contributed by atoms with E-state index in [1.54, 1.807) is 48.0 Å². The second-order valence-electron chi connectivity index (χ2n) is 4.68. The van der Waals surface area contributed by atoms with Crippen molar-refractivity contribution in [3.63, 3.8) is 0 Å². The van der Waals surface area contributed by atoms with E-state index in [0.29, 0.717) is 17.3 Å². The number of thiophene rings is 1. The van der Waals surface area contributed by atoms with Crippen molar-refractivity contribution in [1.29, 1.82) is 0 Å². The molecule has 0 bridgehead atoms. The molecule has 3 aromatic rings. The van der Waals surface area contributed by atoms with Crippen molar-refractivity contribution in [2.24, 2.45) is 0 Å². The number of hydrogen-bond acceptors (Lipinski definition) is 4. The van der Waals surface area contributed by atoms with Gasteiger partial charge in [-0.25, -0.2) is 4.79 Å². The van der Waals surface area contributed by atoms with Crippen molar-refractivity contribution in [3.8, 4) is 11.3 Å². The van der Waals surface area contributed by atoms with Crippen molar-refractivity contribution >= 4 is 34.7 Å². The number of carbonyl (C=O) groups is 1. The molecule has 0 unspecified atom stereocenters. The summed E-state index contributed by atoms with van der Waals surface area (Å²) < 4.78 is 0. The number of carbonyl (C=O) groups excluding carboxylic acids is 1. The molecule has 116 valence electrons. The molecule has 0 atom stereocenters. The fraction of sp³-hybridized carbons (Fsp3) is 0.0625. The first-order valence-corrected chi connectivity index (χ1v) is 8.17. The summed E-state index contributed by atoms with van der Waals surface area (Å²) in [5, 5.41) is 10.1. The van der Waals surface area contributed by atoms with Gasteiger partial charge in [0.2, 0.25) is 0 Å². The average Bonchev–Trinajstić information content (AvgIpc) is 3.10. The number of hydrogen-bond donors (Lipinski definition) is 2. The van der Waals surface area contributed by atoms with Crippen LogP contribution in [0.15, 0.2) is 53.5 Å². The van der Waals surface area contributed by atoms with E-state index in [2.05, 4.69) is 20.6 Å². The maximum absolute atomic E-state index is 12.0. The van der Waals surface area contributed by atoms with Crippen molar-refractivity contribution in [3.05, 3.63) is 64.2 Å². The topological polar surface area (TPSA) is 66.9 Å². The molecule has 0 radical (unpaired) electrons. The molecule has 2 amide bonds. The van der Waals surface area contributed by atoms with Gasteiger partial charge in [0.05, 0.1) is 17.9 Å². The highest BCUT2D eigenvalue weighted by molar-refractivity contribution is 7.08. The van der Waals surface area contributed by atoms with Crippen LogP contribution in [0, 0.1) is 0 Å². The van der Waals surface area contributed by atoms with E-state index in [1.807, 2.05) is 16.8 Å². The third-order valence-electron chi connectivity index (χ3n) is 3.09. The Kier molecular flexibility index (Phi) is 4.85. The van der Waals surface area contributed by atoms with E-state index in [9.17, 15) is 4.79 Å². The van der Waals surface area contributed by atoms with Crippen molar-refractivity contribution in [1.82, 2.24) is 15.3 Å². The molecule has 0 spiro atoms. The molecule has 1 aromatic carbocycles. The van der Waals surface area contributed by atoms with Gasteiger partial charge in [-0.05, 0) is 35.7 Å². The standard InChI is InChI=1S/C16H13ClN4OS/c17-12-1-3-13(4-2-12)21-16(22)20-9-14-15(19-7-6-18-14)11-5-8-23-10-11/h1-8,10H,9H2,(H2,20,21,22). The Balaban J connectivity index is 1.64. The zero-order chi connectivity index (χ0) is 16.1. The van der Waals surface area contributed by atoms with Crippen LogP contribution in [0.5, 0.6) is 0 Å². The second-order valence-corrected chi connectivity index (χ2v) is 5.89. The highest BCUT2D eigenvalue weighted by Crippen LogP contribution is 2.22. The lowest BCUT2D eigenvalue weighted by atomic mass is 10.2. The lowest BCUT2D eigenvalue weighted by Gasteiger charge is -2.09. The molecule has 0 saturated carbocycles. The second kappa shape index (κ2) is 7.21. The van der Waals surface area contributed by atoms with Gasteiger partial charge in [-0.2, -0.15) is 11.3 Å². The number of anilines is 1. The quantitative estimate of drug-likeness (QED) is 0.746. The zero-order valence-corrected chi connectivity index (χ0v) is 13.6. The van der Waals surface area contributed by atoms with Crippen LogP contribution in [0.4, 0.5) is 10.5 Å². The summed E-state index contributed by atoms with van der Waals surface area (Å²) in [5.41, 5.74) is 3.17. The molecule has 2 aromatic heterocycles. The number of amides is 2. The summed E-state index contributed by atoms with van der Waals surface area (Å²) in [7, 11) is 0. The Bertz CT molecular complexity index is 790. The van der Waals surface area contributed by atoms with Crippen LogP contribution in [-0.4, -0.2) is 16.0 Å². The average molecular weight is 345 g/mol. The number of benzene rings is 1. The van der Waals surface area contributed by atoms with E-state index in [4.69, 9.17) is 11.6 Å². The molecule has 0 aliphatic heterocycles. The monoisotopic (exact) mass is 344 g/mol. The number of halogens is 1. The minimum Gasteiger partial charge on any atom is -0.332 e. The predicted molar refractivity (Wildman–Crippen MR) is 92.7 cm³/mol. The molecule has 0 aliphatic rings. The van der Waals surface area contributed by atoms with Gasteiger partial charge in [0.15, 0.2) is 0 Å². The van der Waals surface area contributed by atoms with Gasteiger partial charge >= 0.3 is 6.03 Å². The Labute approximate surface area is 142 Å². The van der Waals surface area contributed by atoms with Crippen LogP contribution in [0.25, 0.3) is 11.3 Å². The van der Waals surface area contributed by atoms with E-state index < -0.39 is 0 Å². The van der Waals surface area contributed by atoms with Gasteiger partial charge in [-0.3, -0.25) is 9.97 Å². The van der Waals surface area contributed by atoms with Crippen LogP contribution in [0.1, 0.15) is 5.69 Å². The molecule has 2 N–H and O–H groups in total. The first kappa shape index (κ1) is 15.5. The molecule has 2 heterocycles. The first-order chi connectivity index (χ1) is 11.2. The Morgan fingerprint density at radius 1 is 1.13 bits per heavy atom. The minimum atomic E-state index is -0.311. The fourth-order valence-corrected chi connectivity index (χ4v) is 2.78. The lowest BCUT2D eigenvalue weighted by Crippen LogP contribution is -2.28.